The molecule has 0 fully saturated rings. The van der Waals surface area contributed by atoms with Crippen molar-refractivity contribution in [2.75, 3.05) is 19.5 Å². The highest BCUT2D eigenvalue weighted by atomic mass is 35.5. The number of aromatic nitrogens is 4. The molecule has 0 spiro atoms. The summed E-state index contributed by atoms with van der Waals surface area (Å²) in [5, 5.41) is 16.2. The van der Waals surface area contributed by atoms with Gasteiger partial charge in [-0.2, -0.15) is 0 Å². The molecule has 1 aromatic heterocycles. The maximum atomic E-state index is 6.02. The SMILES string of the molecule is COc1cccc([C@@H]2C[C@@H](c3ccc(Cl)cc3)Nc3nnnn32)c1OC. The van der Waals surface area contributed by atoms with E-state index in [9.17, 15) is 0 Å². The van der Waals surface area contributed by atoms with E-state index in [0.717, 1.165) is 17.5 Å². The number of methoxy groups -OCH3 is 2. The molecule has 0 unspecified atom stereocenters. The minimum absolute atomic E-state index is 0.0478. The minimum Gasteiger partial charge on any atom is -0.493 e. The van der Waals surface area contributed by atoms with E-state index in [4.69, 9.17) is 21.1 Å². The van der Waals surface area contributed by atoms with Gasteiger partial charge in [0.1, 0.15) is 0 Å². The number of halogens is 1. The molecule has 26 heavy (non-hydrogen) atoms. The highest BCUT2D eigenvalue weighted by Gasteiger charge is 2.33. The number of hydrogen-bond donors (Lipinski definition) is 1. The van der Waals surface area contributed by atoms with Gasteiger partial charge in [0.05, 0.1) is 26.3 Å². The highest BCUT2D eigenvalue weighted by Crippen LogP contribution is 2.43. The topological polar surface area (TPSA) is 74.1 Å². The number of benzene rings is 2. The van der Waals surface area contributed by atoms with Crippen molar-refractivity contribution < 1.29 is 9.47 Å². The first-order valence-corrected chi connectivity index (χ1v) is 8.60. The molecule has 134 valence electrons. The Morgan fingerprint density at radius 2 is 1.92 bits per heavy atom. The quantitative estimate of drug-likeness (QED) is 0.756. The van der Waals surface area contributed by atoms with Crippen molar-refractivity contribution in [2.45, 2.75) is 18.5 Å². The molecule has 2 heterocycles. The average molecular weight is 372 g/mol. The smallest absolute Gasteiger partial charge is 0.243 e. The number of nitrogens with one attached hydrogen (secondary N) is 1. The van der Waals surface area contributed by atoms with Gasteiger partial charge in [0.2, 0.25) is 5.95 Å². The second-order valence-corrected chi connectivity index (χ2v) is 6.47. The molecule has 0 aliphatic carbocycles. The number of para-hydroxylation sites is 1. The second-order valence-electron chi connectivity index (χ2n) is 6.03. The molecule has 0 saturated heterocycles. The van der Waals surface area contributed by atoms with Crippen LogP contribution < -0.4 is 14.8 Å². The summed E-state index contributed by atoms with van der Waals surface area (Å²) in [5.41, 5.74) is 2.09. The van der Waals surface area contributed by atoms with Crippen molar-refractivity contribution in [3.63, 3.8) is 0 Å². The summed E-state index contributed by atoms with van der Waals surface area (Å²) in [7, 11) is 3.27. The van der Waals surface area contributed by atoms with Gasteiger partial charge in [-0.3, -0.25) is 0 Å². The van der Waals surface area contributed by atoms with E-state index < -0.39 is 0 Å². The van der Waals surface area contributed by atoms with Crippen LogP contribution in [0.25, 0.3) is 0 Å². The summed E-state index contributed by atoms with van der Waals surface area (Å²) >= 11 is 6.02. The van der Waals surface area contributed by atoms with Crippen LogP contribution in [0.4, 0.5) is 5.95 Å². The second kappa shape index (κ2) is 6.84. The Labute approximate surface area is 155 Å². The number of anilines is 1. The van der Waals surface area contributed by atoms with Gasteiger partial charge in [-0.1, -0.05) is 41.0 Å². The van der Waals surface area contributed by atoms with Crippen LogP contribution in [0.3, 0.4) is 0 Å². The van der Waals surface area contributed by atoms with Crippen molar-refractivity contribution in [1.29, 1.82) is 0 Å². The predicted octanol–water partition coefficient (Wildman–Crippen LogP) is 3.49. The first-order valence-electron chi connectivity index (χ1n) is 8.22. The van der Waals surface area contributed by atoms with Gasteiger partial charge in [0.15, 0.2) is 11.5 Å². The monoisotopic (exact) mass is 371 g/mol. The van der Waals surface area contributed by atoms with Gasteiger partial charge in [-0.25, -0.2) is 4.68 Å². The zero-order chi connectivity index (χ0) is 18.1. The van der Waals surface area contributed by atoms with Gasteiger partial charge in [-0.15, -0.1) is 0 Å². The van der Waals surface area contributed by atoms with Gasteiger partial charge >= 0.3 is 0 Å². The number of hydrogen-bond acceptors (Lipinski definition) is 6. The van der Waals surface area contributed by atoms with E-state index in [0.29, 0.717) is 22.5 Å². The Hall–Kier alpha value is -2.80. The summed E-state index contributed by atoms with van der Waals surface area (Å²) in [6.07, 6.45) is 0.753. The van der Waals surface area contributed by atoms with Crippen molar-refractivity contribution in [3.05, 3.63) is 58.6 Å². The zero-order valence-corrected chi connectivity index (χ0v) is 15.1. The molecule has 7 nitrogen and oxygen atoms in total. The van der Waals surface area contributed by atoms with Crippen molar-refractivity contribution in [3.8, 4) is 11.5 Å². The standard InChI is InChI=1S/C18H18ClN5O2/c1-25-16-5-3-4-13(17(16)26-2)15-10-14(11-6-8-12(19)9-7-11)20-18-21-22-23-24(15)18/h3-9,14-15H,10H2,1-2H3,(H,20,21,23)/t14-,15-/m0/s1. The lowest BCUT2D eigenvalue weighted by atomic mass is 9.92. The maximum absolute atomic E-state index is 6.02. The summed E-state index contributed by atoms with van der Waals surface area (Å²) < 4.78 is 12.9. The molecular weight excluding hydrogens is 354 g/mol. The van der Waals surface area contributed by atoms with Crippen molar-refractivity contribution in [1.82, 2.24) is 20.2 Å². The number of fused-ring (bicyclic) bond motifs is 1. The maximum Gasteiger partial charge on any atom is 0.243 e. The predicted molar refractivity (Wildman–Crippen MR) is 97.9 cm³/mol. The molecule has 2 aromatic carbocycles. The Balaban J connectivity index is 1.78. The van der Waals surface area contributed by atoms with E-state index in [1.807, 2.05) is 42.5 Å². The molecule has 1 aliphatic rings. The first-order chi connectivity index (χ1) is 12.7. The van der Waals surface area contributed by atoms with Crippen LogP contribution in [0.15, 0.2) is 42.5 Å². The van der Waals surface area contributed by atoms with Crippen molar-refractivity contribution >= 4 is 17.5 Å². The van der Waals surface area contributed by atoms with Gasteiger partial charge < -0.3 is 14.8 Å². The van der Waals surface area contributed by atoms with Crippen LogP contribution in [0.5, 0.6) is 11.5 Å². The lowest BCUT2D eigenvalue weighted by molar-refractivity contribution is 0.339. The molecule has 8 heteroatoms. The lowest BCUT2D eigenvalue weighted by Crippen LogP contribution is -2.28. The Morgan fingerprint density at radius 3 is 2.65 bits per heavy atom. The van der Waals surface area contributed by atoms with Crippen LogP contribution in [-0.4, -0.2) is 34.4 Å². The summed E-state index contributed by atoms with van der Waals surface area (Å²) in [6, 6.07) is 13.6. The lowest BCUT2D eigenvalue weighted by Gasteiger charge is -2.32. The molecule has 0 bridgehead atoms. The molecule has 2 atom stereocenters. The van der Waals surface area contributed by atoms with Crippen LogP contribution >= 0.6 is 11.6 Å². The van der Waals surface area contributed by atoms with E-state index in [2.05, 4.69) is 20.8 Å². The molecular formula is C18H18ClN5O2. The van der Waals surface area contributed by atoms with Crippen LogP contribution in [0.1, 0.15) is 29.6 Å². The summed E-state index contributed by atoms with van der Waals surface area (Å²) in [6.45, 7) is 0. The van der Waals surface area contributed by atoms with Gasteiger partial charge in [0.25, 0.3) is 0 Å². The Morgan fingerprint density at radius 1 is 1.12 bits per heavy atom. The Kier molecular flexibility index (Phi) is 4.38. The molecule has 1 aliphatic heterocycles. The fourth-order valence-electron chi connectivity index (χ4n) is 3.38. The third-order valence-electron chi connectivity index (χ3n) is 4.62. The van der Waals surface area contributed by atoms with E-state index in [1.165, 1.54) is 0 Å². The third kappa shape index (κ3) is 2.84. The number of nitrogens with zero attached hydrogens (tertiary/aromatic N) is 4. The molecule has 0 amide bonds. The third-order valence-corrected chi connectivity index (χ3v) is 4.87. The number of rotatable bonds is 4. The van der Waals surface area contributed by atoms with Gasteiger partial charge in [0, 0.05) is 10.6 Å². The number of tetrazole rings is 1. The van der Waals surface area contributed by atoms with Crippen LogP contribution in [-0.2, 0) is 0 Å². The van der Waals surface area contributed by atoms with E-state index in [1.54, 1.807) is 18.9 Å². The van der Waals surface area contributed by atoms with Crippen molar-refractivity contribution in [2.24, 2.45) is 0 Å². The fourth-order valence-corrected chi connectivity index (χ4v) is 3.51. The van der Waals surface area contributed by atoms with E-state index in [-0.39, 0.29) is 12.1 Å². The molecule has 0 radical (unpaired) electrons. The van der Waals surface area contributed by atoms with E-state index >= 15 is 0 Å². The first kappa shape index (κ1) is 16.7. The molecule has 0 saturated carbocycles. The van der Waals surface area contributed by atoms with Crippen LogP contribution in [0, 0.1) is 0 Å². The fraction of sp³-hybridized carbons (Fsp3) is 0.278. The van der Waals surface area contributed by atoms with Crippen LogP contribution in [0.2, 0.25) is 5.02 Å². The molecule has 3 aromatic rings. The molecule has 1 N–H and O–H groups in total. The number of ether oxygens (including phenoxy) is 2. The summed E-state index contributed by atoms with van der Waals surface area (Å²) in [5.74, 6) is 1.99. The minimum atomic E-state index is -0.0908. The Bertz CT molecular complexity index is 912. The zero-order valence-electron chi connectivity index (χ0n) is 14.4. The largest absolute Gasteiger partial charge is 0.493 e. The average Bonchev–Trinajstić information content (AvgIpc) is 3.15. The molecule has 4 rings (SSSR count). The van der Waals surface area contributed by atoms with Gasteiger partial charge in [-0.05, 0) is 40.6 Å². The highest BCUT2D eigenvalue weighted by molar-refractivity contribution is 6.30. The normalized spacial score (nSPS) is 18.7. The summed E-state index contributed by atoms with van der Waals surface area (Å²) in [4.78, 5) is 0.